The molecule has 1 aromatic carbocycles. The summed E-state index contributed by atoms with van der Waals surface area (Å²) >= 11 is 0. The number of Topliss-reactive ketones (excluding diaryl/α,β-unsaturated/α-hetero) is 1. The van der Waals surface area contributed by atoms with Crippen molar-refractivity contribution in [3.63, 3.8) is 0 Å². The van der Waals surface area contributed by atoms with E-state index in [0.29, 0.717) is 47.5 Å². The largest absolute Gasteiger partial charge is 0.495 e. The van der Waals surface area contributed by atoms with Crippen molar-refractivity contribution in [1.82, 2.24) is 29.3 Å². The lowest BCUT2D eigenvalue weighted by molar-refractivity contribution is -0.119. The van der Waals surface area contributed by atoms with E-state index in [-0.39, 0.29) is 29.3 Å². The predicted molar refractivity (Wildman–Crippen MR) is 144 cm³/mol. The van der Waals surface area contributed by atoms with E-state index in [1.54, 1.807) is 17.9 Å². The second-order valence-electron chi connectivity index (χ2n) is 10.4. The Bertz CT molecular complexity index is 1570. The van der Waals surface area contributed by atoms with Gasteiger partial charge in [0.25, 0.3) is 6.43 Å². The van der Waals surface area contributed by atoms with Gasteiger partial charge in [-0.15, -0.1) is 0 Å². The van der Waals surface area contributed by atoms with Gasteiger partial charge in [-0.2, -0.15) is 5.10 Å². The highest BCUT2D eigenvalue weighted by Crippen LogP contribution is 2.38. The third-order valence-corrected chi connectivity index (χ3v) is 7.35. The first-order valence-corrected chi connectivity index (χ1v) is 13.5. The van der Waals surface area contributed by atoms with Gasteiger partial charge in [0.15, 0.2) is 17.3 Å². The van der Waals surface area contributed by atoms with E-state index < -0.39 is 18.5 Å². The molecule has 6 rings (SSSR count). The SMILES string of the molecule is COc1cc(-c2nc(C)nn2C)ccc1Nc1cc(CC(=O)C2CC2)nc2c1nc(C(F)F)n2C1CCCCO1. The zero-order valence-electron chi connectivity index (χ0n) is 22.7. The number of halogens is 2. The fourth-order valence-electron chi connectivity index (χ4n) is 5.25. The van der Waals surface area contributed by atoms with Crippen LogP contribution < -0.4 is 10.1 Å². The average Bonchev–Trinajstić information content (AvgIpc) is 3.64. The van der Waals surface area contributed by atoms with Crippen LogP contribution in [0.5, 0.6) is 5.75 Å². The van der Waals surface area contributed by atoms with Gasteiger partial charge in [-0.1, -0.05) is 0 Å². The summed E-state index contributed by atoms with van der Waals surface area (Å²) in [6.07, 6.45) is 0.767. The second kappa shape index (κ2) is 10.6. The number of nitrogens with zero attached hydrogens (tertiary/aromatic N) is 6. The number of alkyl halides is 2. The molecule has 1 saturated heterocycles. The zero-order chi connectivity index (χ0) is 28.0. The molecule has 2 aliphatic rings. The number of nitrogens with one attached hydrogen (secondary N) is 1. The standard InChI is InChI=1S/C28H31F2N7O3/c1-15-31-26(36(2)35-15)17-9-10-19(22(12-17)39-3)33-20-13-18(14-21(38)16-7-8-16)32-27-24(20)34-28(25(29)30)37(27)23-6-4-5-11-40-23/h9-10,12-13,16,23,25H,4-8,11,14H2,1-3H3,(H,32,33). The second-order valence-corrected chi connectivity index (χ2v) is 10.4. The number of ether oxygens (including phenoxy) is 2. The average molecular weight is 552 g/mol. The first-order valence-electron chi connectivity index (χ1n) is 13.5. The Kier molecular flexibility index (Phi) is 6.95. The number of rotatable bonds is 9. The number of aromatic nitrogens is 6. The molecule has 12 heteroatoms. The van der Waals surface area contributed by atoms with Crippen LogP contribution in [0.1, 0.15) is 62.1 Å². The van der Waals surface area contributed by atoms with E-state index >= 15 is 0 Å². The molecule has 4 heterocycles. The highest BCUT2D eigenvalue weighted by molar-refractivity contribution is 5.91. The lowest BCUT2D eigenvalue weighted by Crippen LogP contribution is -2.21. The van der Waals surface area contributed by atoms with E-state index in [9.17, 15) is 13.6 Å². The number of hydrogen-bond acceptors (Lipinski definition) is 8. The highest BCUT2D eigenvalue weighted by atomic mass is 19.3. The van der Waals surface area contributed by atoms with E-state index in [0.717, 1.165) is 31.2 Å². The van der Waals surface area contributed by atoms with Crippen molar-refractivity contribution < 1.29 is 23.0 Å². The summed E-state index contributed by atoms with van der Waals surface area (Å²) < 4.78 is 43.2. The smallest absolute Gasteiger partial charge is 0.295 e. The number of hydrogen-bond donors (Lipinski definition) is 1. The number of pyridine rings is 1. The van der Waals surface area contributed by atoms with Crippen LogP contribution in [0.3, 0.4) is 0 Å². The van der Waals surface area contributed by atoms with Gasteiger partial charge in [0.1, 0.15) is 29.1 Å². The van der Waals surface area contributed by atoms with E-state index in [1.165, 1.54) is 4.57 Å². The van der Waals surface area contributed by atoms with Crippen molar-refractivity contribution in [2.45, 2.75) is 58.1 Å². The number of benzene rings is 1. The maximum absolute atomic E-state index is 14.3. The molecular weight excluding hydrogens is 520 g/mol. The number of anilines is 2. The fourth-order valence-corrected chi connectivity index (χ4v) is 5.25. The zero-order valence-corrected chi connectivity index (χ0v) is 22.7. The van der Waals surface area contributed by atoms with Crippen LogP contribution in [0.15, 0.2) is 24.3 Å². The predicted octanol–water partition coefficient (Wildman–Crippen LogP) is 5.45. The summed E-state index contributed by atoms with van der Waals surface area (Å²) in [5, 5.41) is 7.64. The van der Waals surface area contributed by atoms with E-state index in [2.05, 4.69) is 20.4 Å². The molecular formula is C28H31F2N7O3. The Labute approximate surface area is 229 Å². The number of aryl methyl sites for hydroxylation is 2. The van der Waals surface area contributed by atoms with Gasteiger partial charge >= 0.3 is 0 Å². The topological polar surface area (TPSA) is 109 Å². The maximum Gasteiger partial charge on any atom is 0.295 e. The molecule has 1 aliphatic carbocycles. The summed E-state index contributed by atoms with van der Waals surface area (Å²) in [5.41, 5.74) is 2.91. The molecule has 1 atom stereocenters. The minimum Gasteiger partial charge on any atom is -0.495 e. The maximum atomic E-state index is 14.3. The van der Waals surface area contributed by atoms with E-state index in [4.69, 9.17) is 14.5 Å². The lowest BCUT2D eigenvalue weighted by atomic mass is 10.1. The molecule has 2 fully saturated rings. The van der Waals surface area contributed by atoms with Crippen molar-refractivity contribution in [2.24, 2.45) is 13.0 Å². The number of fused-ring (bicyclic) bond motifs is 1. The Morgan fingerprint density at radius 1 is 1.15 bits per heavy atom. The third kappa shape index (κ3) is 5.03. The van der Waals surface area contributed by atoms with Gasteiger partial charge in [-0.3, -0.25) is 9.36 Å². The Hall–Kier alpha value is -3.93. The summed E-state index contributed by atoms with van der Waals surface area (Å²) in [6, 6.07) is 7.26. The first-order chi connectivity index (χ1) is 19.3. The van der Waals surface area contributed by atoms with Crippen LogP contribution in [0.25, 0.3) is 22.6 Å². The van der Waals surface area contributed by atoms with Crippen molar-refractivity contribution in [3.05, 3.63) is 41.6 Å². The highest BCUT2D eigenvalue weighted by Gasteiger charge is 2.32. The van der Waals surface area contributed by atoms with Crippen molar-refractivity contribution in [3.8, 4) is 17.1 Å². The Morgan fingerprint density at radius 2 is 1.98 bits per heavy atom. The van der Waals surface area contributed by atoms with Gasteiger partial charge in [0.05, 0.1) is 24.2 Å². The van der Waals surface area contributed by atoms with E-state index in [1.807, 2.05) is 32.2 Å². The fraction of sp³-hybridized carbons (Fsp3) is 0.464. The molecule has 1 aliphatic heterocycles. The van der Waals surface area contributed by atoms with Crippen LogP contribution in [0, 0.1) is 12.8 Å². The molecule has 3 aromatic heterocycles. The monoisotopic (exact) mass is 551 g/mol. The van der Waals surface area contributed by atoms with Gasteiger partial charge < -0.3 is 14.8 Å². The third-order valence-electron chi connectivity index (χ3n) is 7.35. The molecule has 1 unspecified atom stereocenters. The van der Waals surface area contributed by atoms with Gasteiger partial charge in [0, 0.05) is 31.6 Å². The quantitative estimate of drug-likeness (QED) is 0.293. The van der Waals surface area contributed by atoms with Gasteiger partial charge in [-0.05, 0) is 63.3 Å². The minimum absolute atomic E-state index is 0.0500. The lowest BCUT2D eigenvalue weighted by Gasteiger charge is -2.25. The Balaban J connectivity index is 1.45. The van der Waals surface area contributed by atoms with Crippen LogP contribution in [0.4, 0.5) is 20.2 Å². The summed E-state index contributed by atoms with van der Waals surface area (Å²) in [4.78, 5) is 26.2. The molecule has 0 radical (unpaired) electrons. The van der Waals surface area contributed by atoms with Crippen molar-refractivity contribution in [1.29, 1.82) is 0 Å². The van der Waals surface area contributed by atoms with Crippen molar-refractivity contribution in [2.75, 3.05) is 19.0 Å². The molecule has 1 saturated carbocycles. The molecule has 0 bridgehead atoms. The molecule has 1 N–H and O–H groups in total. The first kappa shape index (κ1) is 26.3. The molecule has 0 spiro atoms. The molecule has 210 valence electrons. The van der Waals surface area contributed by atoms with Crippen LogP contribution >= 0.6 is 0 Å². The normalized spacial score (nSPS) is 17.5. The summed E-state index contributed by atoms with van der Waals surface area (Å²) in [5.74, 6) is 1.61. The van der Waals surface area contributed by atoms with Gasteiger partial charge in [0.2, 0.25) is 0 Å². The Morgan fingerprint density at radius 3 is 2.62 bits per heavy atom. The van der Waals surface area contributed by atoms with Crippen LogP contribution in [-0.4, -0.2) is 48.8 Å². The number of methoxy groups -OCH3 is 1. The number of imidazole rings is 1. The van der Waals surface area contributed by atoms with Gasteiger partial charge in [-0.25, -0.2) is 28.4 Å². The molecule has 4 aromatic rings. The van der Waals surface area contributed by atoms with Crippen LogP contribution in [-0.2, 0) is 23.0 Å². The van der Waals surface area contributed by atoms with Crippen molar-refractivity contribution >= 4 is 28.3 Å². The summed E-state index contributed by atoms with van der Waals surface area (Å²) in [6.45, 7) is 2.30. The number of carbonyl (C=O) groups is 1. The molecule has 0 amide bonds. The number of ketones is 1. The minimum atomic E-state index is -2.83. The molecule has 10 nitrogen and oxygen atoms in total. The molecule has 40 heavy (non-hydrogen) atoms. The van der Waals surface area contributed by atoms with Crippen LogP contribution in [0.2, 0.25) is 0 Å². The number of carbonyl (C=O) groups excluding carboxylic acids is 1. The summed E-state index contributed by atoms with van der Waals surface area (Å²) in [7, 11) is 3.37.